The van der Waals surface area contributed by atoms with E-state index in [9.17, 15) is 13.2 Å². The number of alkyl halides is 3. The number of carboxylic acids is 1. The lowest BCUT2D eigenvalue weighted by Crippen LogP contribution is -2.28. The van der Waals surface area contributed by atoms with Crippen molar-refractivity contribution in [3.63, 3.8) is 0 Å². The van der Waals surface area contributed by atoms with Crippen LogP contribution in [-0.4, -0.2) is 40.4 Å². The number of imidazole rings is 1. The van der Waals surface area contributed by atoms with Crippen molar-refractivity contribution in [2.24, 2.45) is 0 Å². The minimum Gasteiger partial charge on any atom is -0.493 e. The predicted molar refractivity (Wildman–Crippen MR) is 127 cm³/mol. The molecule has 0 fully saturated rings. The topological polar surface area (TPSA) is 96.5 Å². The fourth-order valence-electron chi connectivity index (χ4n) is 3.98. The number of ether oxygens (including phenoxy) is 2. The van der Waals surface area contributed by atoms with Gasteiger partial charge in [-0.3, -0.25) is 0 Å². The van der Waals surface area contributed by atoms with E-state index in [2.05, 4.69) is 45.6 Å². The first-order valence-electron chi connectivity index (χ1n) is 11.1. The minimum atomic E-state index is -5.08. The predicted octanol–water partition coefficient (Wildman–Crippen LogP) is 5.25. The van der Waals surface area contributed by atoms with Gasteiger partial charge in [0.25, 0.3) is 0 Å². The lowest BCUT2D eigenvalue weighted by Gasteiger charge is -2.15. The second-order valence-corrected chi connectivity index (χ2v) is 8.23. The standard InChI is InChI=1S/C24H23N3O2.C2HF3O2/c1-28-24-10-16(14-25-19-11-17-4-2-3-5-18(17)12-19)6-9-23(24)29-20-7-8-21-22(13-20)27-15-26-21;3-2(4,5)1(6)7/h2-10,13,15,19,25H,11-12,14H2,1H3,(H,26,27);(H,6,7). The number of halogens is 3. The number of rotatable bonds is 6. The van der Waals surface area contributed by atoms with Gasteiger partial charge >= 0.3 is 12.1 Å². The quantitative estimate of drug-likeness (QED) is 0.335. The van der Waals surface area contributed by atoms with Crippen molar-refractivity contribution in [1.82, 2.24) is 15.3 Å². The highest BCUT2D eigenvalue weighted by Crippen LogP contribution is 2.33. The average molecular weight is 499 g/mol. The number of aromatic nitrogens is 2. The molecule has 0 bridgehead atoms. The number of aliphatic carboxylic acids is 1. The fourth-order valence-corrected chi connectivity index (χ4v) is 3.98. The normalized spacial score (nSPS) is 13.1. The zero-order valence-corrected chi connectivity index (χ0v) is 19.3. The third-order valence-electron chi connectivity index (χ3n) is 5.74. The molecule has 1 heterocycles. The van der Waals surface area contributed by atoms with Crippen LogP contribution in [0.4, 0.5) is 13.2 Å². The van der Waals surface area contributed by atoms with Gasteiger partial charge in [-0.2, -0.15) is 13.2 Å². The molecule has 0 atom stereocenters. The molecule has 36 heavy (non-hydrogen) atoms. The zero-order valence-electron chi connectivity index (χ0n) is 19.3. The molecule has 3 aromatic carbocycles. The second-order valence-electron chi connectivity index (χ2n) is 8.23. The minimum absolute atomic E-state index is 0.482. The molecule has 0 saturated carbocycles. The van der Waals surface area contributed by atoms with Crippen molar-refractivity contribution in [2.45, 2.75) is 31.6 Å². The first kappa shape index (κ1) is 25.1. The van der Waals surface area contributed by atoms with E-state index in [1.807, 2.05) is 30.3 Å². The van der Waals surface area contributed by atoms with Crippen LogP contribution in [0, 0.1) is 0 Å². The van der Waals surface area contributed by atoms with Crippen LogP contribution in [0.1, 0.15) is 16.7 Å². The van der Waals surface area contributed by atoms with Gasteiger partial charge in [0.2, 0.25) is 0 Å². The van der Waals surface area contributed by atoms with Crippen LogP contribution in [0.25, 0.3) is 11.0 Å². The van der Waals surface area contributed by atoms with E-state index in [1.54, 1.807) is 13.4 Å². The van der Waals surface area contributed by atoms with Crippen LogP contribution in [0.3, 0.4) is 0 Å². The molecule has 188 valence electrons. The molecule has 5 rings (SSSR count). The molecule has 0 saturated heterocycles. The van der Waals surface area contributed by atoms with Crippen molar-refractivity contribution in [2.75, 3.05) is 7.11 Å². The number of nitrogens with one attached hydrogen (secondary N) is 2. The molecule has 3 N–H and O–H groups in total. The monoisotopic (exact) mass is 499 g/mol. The van der Waals surface area contributed by atoms with E-state index < -0.39 is 12.1 Å². The largest absolute Gasteiger partial charge is 0.493 e. The Labute approximate surface area is 204 Å². The maximum Gasteiger partial charge on any atom is 0.490 e. The molecule has 4 aromatic rings. The Morgan fingerprint density at radius 1 is 1.08 bits per heavy atom. The van der Waals surface area contributed by atoms with Gasteiger partial charge in [-0.05, 0) is 53.8 Å². The SMILES string of the molecule is COc1cc(CNC2Cc3ccccc3C2)ccc1Oc1ccc2nc[nH]c2c1.O=C(O)C(F)(F)F. The average Bonchev–Trinajstić information content (AvgIpc) is 3.49. The molecule has 10 heteroatoms. The molecular formula is C26H24F3N3O4. The summed E-state index contributed by atoms with van der Waals surface area (Å²) in [5.74, 6) is -0.589. The van der Waals surface area contributed by atoms with E-state index in [-0.39, 0.29) is 0 Å². The Balaban J connectivity index is 0.000000384. The van der Waals surface area contributed by atoms with E-state index in [1.165, 1.54) is 16.7 Å². The van der Waals surface area contributed by atoms with E-state index in [4.69, 9.17) is 19.4 Å². The maximum atomic E-state index is 10.6. The van der Waals surface area contributed by atoms with Crippen LogP contribution in [0.5, 0.6) is 17.2 Å². The summed E-state index contributed by atoms with van der Waals surface area (Å²) in [7, 11) is 1.67. The number of fused-ring (bicyclic) bond motifs is 2. The number of H-pyrrole nitrogens is 1. The number of carboxylic acid groups (broad SMARTS) is 1. The molecule has 1 aliphatic rings. The summed E-state index contributed by atoms with van der Waals surface area (Å²) in [6, 6.07) is 21.1. The van der Waals surface area contributed by atoms with E-state index >= 15 is 0 Å². The third-order valence-corrected chi connectivity index (χ3v) is 5.74. The highest BCUT2D eigenvalue weighted by atomic mass is 19.4. The number of hydrogen-bond donors (Lipinski definition) is 3. The summed E-state index contributed by atoms with van der Waals surface area (Å²) in [5, 5.41) is 10.8. The molecule has 7 nitrogen and oxygen atoms in total. The van der Waals surface area contributed by atoms with Crippen LogP contribution in [0.15, 0.2) is 67.0 Å². The number of aromatic amines is 1. The van der Waals surface area contributed by atoms with Crippen molar-refractivity contribution < 1.29 is 32.5 Å². The summed E-state index contributed by atoms with van der Waals surface area (Å²) in [6.45, 7) is 0.801. The molecular weight excluding hydrogens is 475 g/mol. The number of hydrogen-bond acceptors (Lipinski definition) is 5. The molecule has 0 radical (unpaired) electrons. The molecule has 1 aromatic heterocycles. The van der Waals surface area contributed by atoms with Crippen LogP contribution >= 0.6 is 0 Å². The van der Waals surface area contributed by atoms with Gasteiger partial charge in [0.1, 0.15) is 5.75 Å². The lowest BCUT2D eigenvalue weighted by atomic mass is 10.1. The Morgan fingerprint density at radius 3 is 2.42 bits per heavy atom. The molecule has 0 amide bonds. The van der Waals surface area contributed by atoms with Gasteiger partial charge in [-0.1, -0.05) is 30.3 Å². The van der Waals surface area contributed by atoms with Gasteiger partial charge in [0, 0.05) is 18.7 Å². The molecule has 0 aliphatic heterocycles. The van der Waals surface area contributed by atoms with Gasteiger partial charge in [-0.15, -0.1) is 0 Å². The third kappa shape index (κ3) is 6.14. The van der Waals surface area contributed by atoms with Gasteiger partial charge in [0.05, 0.1) is 24.5 Å². The Morgan fingerprint density at radius 2 is 1.78 bits per heavy atom. The highest BCUT2D eigenvalue weighted by Gasteiger charge is 2.38. The molecule has 0 spiro atoms. The van der Waals surface area contributed by atoms with Crippen LogP contribution in [0.2, 0.25) is 0 Å². The van der Waals surface area contributed by atoms with Crippen molar-refractivity contribution >= 4 is 17.0 Å². The first-order valence-corrected chi connectivity index (χ1v) is 11.1. The molecule has 0 unspecified atom stereocenters. The van der Waals surface area contributed by atoms with Crippen LogP contribution in [-0.2, 0) is 24.2 Å². The van der Waals surface area contributed by atoms with E-state index in [0.29, 0.717) is 11.8 Å². The maximum absolute atomic E-state index is 10.6. The lowest BCUT2D eigenvalue weighted by molar-refractivity contribution is -0.192. The zero-order chi connectivity index (χ0) is 25.7. The Bertz CT molecular complexity index is 1330. The summed E-state index contributed by atoms with van der Waals surface area (Å²) in [5.41, 5.74) is 5.95. The first-order chi connectivity index (χ1) is 17.2. The van der Waals surface area contributed by atoms with Crippen molar-refractivity contribution in [1.29, 1.82) is 0 Å². The smallest absolute Gasteiger partial charge is 0.490 e. The summed E-state index contributed by atoms with van der Waals surface area (Å²) in [6.07, 6.45) is -1.23. The van der Waals surface area contributed by atoms with Gasteiger partial charge in [-0.25, -0.2) is 9.78 Å². The number of nitrogens with zero attached hydrogens (tertiary/aromatic N) is 1. The number of benzene rings is 3. The van der Waals surface area contributed by atoms with E-state index in [0.717, 1.165) is 41.9 Å². The van der Waals surface area contributed by atoms with Gasteiger partial charge in [0.15, 0.2) is 11.5 Å². The summed E-state index contributed by atoms with van der Waals surface area (Å²) in [4.78, 5) is 16.2. The van der Waals surface area contributed by atoms with Crippen LogP contribution < -0.4 is 14.8 Å². The summed E-state index contributed by atoms with van der Waals surface area (Å²) >= 11 is 0. The number of methoxy groups -OCH3 is 1. The summed E-state index contributed by atoms with van der Waals surface area (Å²) < 4.78 is 43.4. The highest BCUT2D eigenvalue weighted by molar-refractivity contribution is 5.76. The fraction of sp³-hybridized carbons (Fsp3) is 0.231. The second kappa shape index (κ2) is 10.7. The molecule has 1 aliphatic carbocycles. The van der Waals surface area contributed by atoms with Gasteiger partial charge < -0.3 is 24.9 Å². The number of carbonyl (C=O) groups is 1. The van der Waals surface area contributed by atoms with Crippen molar-refractivity contribution in [3.8, 4) is 17.2 Å². The van der Waals surface area contributed by atoms with Crippen molar-refractivity contribution in [3.05, 3.63) is 83.7 Å². The Hall–Kier alpha value is -4.05. The Kier molecular flexibility index (Phi) is 7.44.